The van der Waals surface area contributed by atoms with Gasteiger partial charge in [0.25, 0.3) is 11.8 Å². The molecule has 0 radical (unpaired) electrons. The van der Waals surface area contributed by atoms with Crippen molar-refractivity contribution in [3.05, 3.63) is 113 Å². The van der Waals surface area contributed by atoms with Crippen molar-refractivity contribution in [2.45, 2.75) is 36.9 Å². The summed E-state index contributed by atoms with van der Waals surface area (Å²) in [7, 11) is 0. The Bertz CT molecular complexity index is 1570. The Morgan fingerprint density at radius 2 is 1.81 bits per heavy atom. The lowest BCUT2D eigenvalue weighted by molar-refractivity contribution is -0.121. The summed E-state index contributed by atoms with van der Waals surface area (Å²) in [6.07, 6.45) is 2.89. The number of amides is 3. The molecular formula is C31H27FN4O4S2. The molecule has 11 heteroatoms. The Kier molecular flexibility index (Phi) is 8.20. The van der Waals surface area contributed by atoms with Gasteiger partial charge < -0.3 is 10.1 Å². The number of thiazole rings is 1. The molecule has 0 bridgehead atoms. The van der Waals surface area contributed by atoms with E-state index in [9.17, 15) is 18.8 Å². The highest BCUT2D eigenvalue weighted by Gasteiger charge is 2.46. The highest BCUT2D eigenvalue weighted by molar-refractivity contribution is 7.99. The van der Waals surface area contributed by atoms with Crippen LogP contribution in [0, 0.1) is 5.82 Å². The van der Waals surface area contributed by atoms with E-state index in [2.05, 4.69) is 10.3 Å². The van der Waals surface area contributed by atoms with E-state index in [4.69, 9.17) is 4.74 Å². The number of thioether (sulfide) groups is 1. The summed E-state index contributed by atoms with van der Waals surface area (Å²) in [6.45, 7) is 0.0260. The first-order chi connectivity index (χ1) is 20.5. The lowest BCUT2D eigenvalue weighted by Gasteiger charge is -2.31. The number of carbonyl (C=O) groups is 3. The summed E-state index contributed by atoms with van der Waals surface area (Å²) < 4.78 is 19.9. The molecule has 0 spiro atoms. The van der Waals surface area contributed by atoms with Gasteiger partial charge in [0.15, 0.2) is 5.13 Å². The topological polar surface area (TPSA) is 91.8 Å². The van der Waals surface area contributed by atoms with Gasteiger partial charge in [-0.3, -0.25) is 19.4 Å². The molecule has 42 heavy (non-hydrogen) atoms. The number of aromatic nitrogens is 1. The van der Waals surface area contributed by atoms with Crippen LogP contribution >= 0.6 is 23.1 Å². The van der Waals surface area contributed by atoms with Gasteiger partial charge in [0.2, 0.25) is 0 Å². The SMILES string of the molecule is O=C(NC1CC1)c1ccc(N(C(=O)C2CSC(c3cccc(F)c3)N2C(=O)OCc2ccccc2)c2nccs2)cc1. The molecule has 1 N–H and O–H groups in total. The van der Waals surface area contributed by atoms with Crippen molar-refractivity contribution < 1.29 is 23.5 Å². The van der Waals surface area contributed by atoms with Crippen molar-refractivity contribution in [3.8, 4) is 0 Å². The second-order valence-corrected chi connectivity index (χ2v) is 12.0. The minimum Gasteiger partial charge on any atom is -0.444 e. The molecule has 214 valence electrons. The number of anilines is 2. The molecule has 3 aromatic carbocycles. The maximum absolute atomic E-state index is 14.3. The second-order valence-electron chi connectivity index (χ2n) is 9.99. The van der Waals surface area contributed by atoms with Crippen molar-refractivity contribution in [1.82, 2.24) is 15.2 Å². The summed E-state index contributed by atoms with van der Waals surface area (Å²) in [5.41, 5.74) is 2.36. The highest BCUT2D eigenvalue weighted by atomic mass is 32.2. The Hall–Kier alpha value is -4.22. The van der Waals surface area contributed by atoms with Gasteiger partial charge in [-0.1, -0.05) is 42.5 Å². The van der Waals surface area contributed by atoms with Gasteiger partial charge in [-0.2, -0.15) is 0 Å². The zero-order valence-electron chi connectivity index (χ0n) is 22.4. The molecule has 1 aliphatic heterocycles. The van der Waals surface area contributed by atoms with Gasteiger partial charge in [0.05, 0.1) is 5.69 Å². The largest absolute Gasteiger partial charge is 0.444 e. The number of halogens is 1. The van der Waals surface area contributed by atoms with E-state index in [-0.39, 0.29) is 30.2 Å². The third-order valence-electron chi connectivity index (χ3n) is 6.97. The number of ether oxygens (including phenoxy) is 1. The summed E-state index contributed by atoms with van der Waals surface area (Å²) in [6, 6.07) is 21.3. The number of rotatable bonds is 8. The third-order valence-corrected chi connectivity index (χ3v) is 9.05. The minimum absolute atomic E-state index is 0.0260. The lowest BCUT2D eigenvalue weighted by Crippen LogP contribution is -2.48. The quantitative estimate of drug-likeness (QED) is 0.255. The summed E-state index contributed by atoms with van der Waals surface area (Å²) in [4.78, 5) is 47.7. The van der Waals surface area contributed by atoms with Gasteiger partial charge in [0, 0.05) is 28.9 Å². The average Bonchev–Trinajstić information content (AvgIpc) is 3.46. The Morgan fingerprint density at radius 3 is 2.50 bits per heavy atom. The van der Waals surface area contributed by atoms with E-state index in [1.54, 1.807) is 48.0 Å². The van der Waals surface area contributed by atoms with Crippen LogP contribution in [0.4, 0.5) is 20.0 Å². The number of hydrogen-bond acceptors (Lipinski definition) is 7. The fourth-order valence-corrected chi connectivity index (χ4v) is 6.76. The van der Waals surface area contributed by atoms with Crippen LogP contribution < -0.4 is 10.2 Å². The molecule has 2 unspecified atom stereocenters. The van der Waals surface area contributed by atoms with Crippen LogP contribution in [-0.4, -0.2) is 45.6 Å². The van der Waals surface area contributed by atoms with Crippen LogP contribution in [0.25, 0.3) is 0 Å². The van der Waals surface area contributed by atoms with E-state index in [0.29, 0.717) is 21.9 Å². The Balaban J connectivity index is 1.30. The first-order valence-corrected chi connectivity index (χ1v) is 15.4. The highest BCUT2D eigenvalue weighted by Crippen LogP contribution is 2.43. The lowest BCUT2D eigenvalue weighted by atomic mass is 10.1. The number of hydrogen-bond donors (Lipinski definition) is 1. The van der Waals surface area contributed by atoms with Crippen LogP contribution in [0.15, 0.2) is 90.4 Å². The van der Waals surface area contributed by atoms with E-state index in [1.165, 1.54) is 45.0 Å². The van der Waals surface area contributed by atoms with Gasteiger partial charge in [-0.05, 0) is 60.4 Å². The fraction of sp³-hybridized carbons (Fsp3) is 0.226. The number of nitrogens with one attached hydrogen (secondary N) is 1. The normalized spacial score (nSPS) is 18.0. The van der Waals surface area contributed by atoms with Crippen molar-refractivity contribution in [2.75, 3.05) is 10.7 Å². The van der Waals surface area contributed by atoms with Crippen molar-refractivity contribution >= 4 is 51.8 Å². The molecule has 1 saturated heterocycles. The summed E-state index contributed by atoms with van der Waals surface area (Å²) in [5, 5.41) is 4.51. The van der Waals surface area contributed by atoms with E-state index < -0.39 is 23.3 Å². The Labute approximate surface area is 250 Å². The van der Waals surface area contributed by atoms with Crippen LogP contribution in [0.1, 0.15) is 39.7 Å². The smallest absolute Gasteiger partial charge is 0.412 e. The number of carbonyl (C=O) groups excluding carboxylic acids is 3. The van der Waals surface area contributed by atoms with E-state index in [1.807, 2.05) is 30.3 Å². The maximum atomic E-state index is 14.3. The predicted molar refractivity (Wildman–Crippen MR) is 160 cm³/mol. The second kappa shape index (κ2) is 12.3. The van der Waals surface area contributed by atoms with Gasteiger partial charge in [-0.15, -0.1) is 23.1 Å². The summed E-state index contributed by atoms with van der Waals surface area (Å²) >= 11 is 2.65. The number of nitrogens with zero attached hydrogens (tertiary/aromatic N) is 3. The molecule has 2 fully saturated rings. The molecule has 2 heterocycles. The maximum Gasteiger partial charge on any atom is 0.412 e. The molecule has 1 aromatic heterocycles. The average molecular weight is 603 g/mol. The minimum atomic E-state index is -0.923. The molecule has 8 nitrogen and oxygen atoms in total. The molecule has 2 atom stereocenters. The van der Waals surface area contributed by atoms with Gasteiger partial charge in [-0.25, -0.2) is 14.2 Å². The van der Waals surface area contributed by atoms with Gasteiger partial charge >= 0.3 is 6.09 Å². The van der Waals surface area contributed by atoms with Crippen molar-refractivity contribution in [2.24, 2.45) is 0 Å². The van der Waals surface area contributed by atoms with E-state index in [0.717, 1.165) is 18.4 Å². The number of benzene rings is 3. The van der Waals surface area contributed by atoms with Crippen LogP contribution in [0.5, 0.6) is 0 Å². The zero-order chi connectivity index (χ0) is 29.1. The molecule has 6 rings (SSSR count). The Morgan fingerprint density at radius 1 is 1.02 bits per heavy atom. The molecule has 2 aliphatic rings. The van der Waals surface area contributed by atoms with Gasteiger partial charge in [0.1, 0.15) is 23.8 Å². The molecular weight excluding hydrogens is 575 g/mol. The molecule has 3 amide bonds. The molecule has 4 aromatic rings. The first-order valence-electron chi connectivity index (χ1n) is 13.5. The fourth-order valence-electron chi connectivity index (χ4n) is 4.70. The van der Waals surface area contributed by atoms with Crippen LogP contribution in [0.2, 0.25) is 0 Å². The monoisotopic (exact) mass is 602 g/mol. The standard InChI is InChI=1S/C31H27FN4O4S2/c32-23-8-4-7-22(17-23)29-36(31(39)40-18-20-5-2-1-3-6-20)26(19-42-29)28(38)35(30-33-15-16-41-30)25-13-9-21(10-14-25)27(37)34-24-11-12-24/h1-10,13-17,24,26,29H,11-12,18-19H2,(H,34,37). The van der Waals surface area contributed by atoms with Crippen molar-refractivity contribution in [1.29, 1.82) is 0 Å². The molecule has 1 aliphatic carbocycles. The molecule has 1 saturated carbocycles. The van der Waals surface area contributed by atoms with Crippen LogP contribution in [-0.2, 0) is 16.1 Å². The van der Waals surface area contributed by atoms with Crippen molar-refractivity contribution in [3.63, 3.8) is 0 Å². The first kappa shape index (κ1) is 27.9. The van der Waals surface area contributed by atoms with E-state index >= 15 is 0 Å². The predicted octanol–water partition coefficient (Wildman–Crippen LogP) is 6.29. The third kappa shape index (κ3) is 6.17. The summed E-state index contributed by atoms with van der Waals surface area (Å²) in [5.74, 6) is -0.711. The van der Waals surface area contributed by atoms with Crippen LogP contribution in [0.3, 0.4) is 0 Å². The zero-order valence-corrected chi connectivity index (χ0v) is 24.0.